The van der Waals surface area contributed by atoms with Crippen LogP contribution in [0.4, 0.5) is 0 Å². The Labute approximate surface area is 127 Å². The molecule has 0 unspecified atom stereocenters. The number of hydrazine groups is 1. The molecule has 2 fully saturated rings. The van der Waals surface area contributed by atoms with Gasteiger partial charge in [0.15, 0.2) is 5.11 Å². The standard InChI is InChI=1S/C15H27N3OS/c1-10(2)5-6-16-15(20)18-17-14(19)9-13-8-11-3-4-12(13)7-11/h10-13H,3-9H2,1-2H3,(H,17,19)(H2,16,18,20)/t11-,12+,13-/m1/s1. The lowest BCUT2D eigenvalue weighted by molar-refractivity contribution is -0.122. The van der Waals surface area contributed by atoms with E-state index in [9.17, 15) is 4.79 Å². The first kappa shape index (κ1) is 15.5. The molecule has 2 rings (SSSR count). The Kier molecular flexibility index (Phi) is 5.64. The Morgan fingerprint density at radius 1 is 1.25 bits per heavy atom. The van der Waals surface area contributed by atoms with E-state index in [1.54, 1.807) is 0 Å². The molecule has 3 N–H and O–H groups in total. The van der Waals surface area contributed by atoms with Gasteiger partial charge < -0.3 is 5.32 Å². The van der Waals surface area contributed by atoms with Crippen molar-refractivity contribution in [3.8, 4) is 0 Å². The van der Waals surface area contributed by atoms with Crippen molar-refractivity contribution >= 4 is 23.2 Å². The van der Waals surface area contributed by atoms with Gasteiger partial charge in [0, 0.05) is 13.0 Å². The minimum absolute atomic E-state index is 0.0653. The highest BCUT2D eigenvalue weighted by atomic mass is 32.1. The van der Waals surface area contributed by atoms with E-state index in [-0.39, 0.29) is 5.91 Å². The third-order valence-electron chi connectivity index (χ3n) is 4.65. The Morgan fingerprint density at radius 3 is 2.65 bits per heavy atom. The molecule has 5 heteroatoms. The van der Waals surface area contributed by atoms with Crippen LogP contribution >= 0.6 is 12.2 Å². The number of carbonyl (C=O) groups is 1. The summed E-state index contributed by atoms with van der Waals surface area (Å²) in [5.74, 6) is 3.00. The quantitative estimate of drug-likeness (QED) is 0.538. The van der Waals surface area contributed by atoms with E-state index in [0.717, 1.165) is 24.8 Å². The molecular formula is C15H27N3OS. The highest BCUT2D eigenvalue weighted by Gasteiger charge is 2.40. The zero-order chi connectivity index (χ0) is 14.5. The molecule has 2 aliphatic carbocycles. The second kappa shape index (κ2) is 7.25. The maximum atomic E-state index is 11.9. The SMILES string of the molecule is CC(C)CCNC(=S)NNC(=O)C[C@H]1C[C@@H]2CC[C@H]1C2. The summed E-state index contributed by atoms with van der Waals surface area (Å²) in [7, 11) is 0. The highest BCUT2D eigenvalue weighted by molar-refractivity contribution is 7.80. The lowest BCUT2D eigenvalue weighted by atomic mass is 9.86. The highest BCUT2D eigenvalue weighted by Crippen LogP contribution is 2.49. The summed E-state index contributed by atoms with van der Waals surface area (Å²) in [5, 5.41) is 3.60. The molecule has 0 heterocycles. The normalized spacial score (nSPS) is 27.6. The summed E-state index contributed by atoms with van der Waals surface area (Å²) in [5.41, 5.74) is 5.51. The fourth-order valence-corrected chi connectivity index (χ4v) is 3.71. The van der Waals surface area contributed by atoms with E-state index in [2.05, 4.69) is 30.0 Å². The maximum absolute atomic E-state index is 11.9. The first-order valence-electron chi connectivity index (χ1n) is 7.87. The molecule has 0 saturated heterocycles. The second-order valence-electron chi connectivity index (χ2n) is 6.75. The molecule has 1 amide bonds. The van der Waals surface area contributed by atoms with Crippen molar-refractivity contribution in [1.82, 2.24) is 16.2 Å². The van der Waals surface area contributed by atoms with E-state index in [1.165, 1.54) is 25.7 Å². The van der Waals surface area contributed by atoms with Crippen LogP contribution < -0.4 is 16.2 Å². The number of amides is 1. The number of carbonyl (C=O) groups excluding carboxylic acids is 1. The molecule has 3 atom stereocenters. The van der Waals surface area contributed by atoms with Gasteiger partial charge in [-0.3, -0.25) is 15.6 Å². The lowest BCUT2D eigenvalue weighted by Crippen LogP contribution is -2.47. The molecule has 0 aliphatic heterocycles. The van der Waals surface area contributed by atoms with Gasteiger partial charge in [-0.1, -0.05) is 20.3 Å². The van der Waals surface area contributed by atoms with Crippen LogP contribution in [0.5, 0.6) is 0 Å². The first-order valence-corrected chi connectivity index (χ1v) is 8.28. The molecule has 2 aliphatic rings. The Bertz CT molecular complexity index is 359. The minimum atomic E-state index is 0.0653. The van der Waals surface area contributed by atoms with Gasteiger partial charge in [-0.2, -0.15) is 0 Å². The van der Waals surface area contributed by atoms with Gasteiger partial charge in [0.1, 0.15) is 0 Å². The molecule has 0 aromatic rings. The van der Waals surface area contributed by atoms with Gasteiger partial charge in [0.2, 0.25) is 5.91 Å². The molecule has 4 nitrogen and oxygen atoms in total. The van der Waals surface area contributed by atoms with Crippen molar-refractivity contribution in [3.05, 3.63) is 0 Å². The smallest absolute Gasteiger partial charge is 0.238 e. The topological polar surface area (TPSA) is 53.2 Å². The third kappa shape index (κ3) is 4.62. The number of thiocarbonyl (C=S) groups is 1. The van der Waals surface area contributed by atoms with Gasteiger partial charge >= 0.3 is 0 Å². The van der Waals surface area contributed by atoms with Crippen LogP contribution in [0.25, 0.3) is 0 Å². The van der Waals surface area contributed by atoms with E-state index < -0.39 is 0 Å². The molecular weight excluding hydrogens is 270 g/mol. The van der Waals surface area contributed by atoms with Crippen LogP contribution in [0.15, 0.2) is 0 Å². The summed E-state index contributed by atoms with van der Waals surface area (Å²) in [4.78, 5) is 11.9. The van der Waals surface area contributed by atoms with Crippen LogP contribution in [-0.2, 0) is 4.79 Å². The third-order valence-corrected chi connectivity index (χ3v) is 4.90. The van der Waals surface area contributed by atoms with Crippen molar-refractivity contribution in [3.63, 3.8) is 0 Å². The largest absolute Gasteiger partial charge is 0.361 e. The molecule has 2 bridgehead atoms. The Hall–Kier alpha value is -0.840. The summed E-state index contributed by atoms with van der Waals surface area (Å²) in [6, 6.07) is 0. The fraction of sp³-hybridized carbons (Fsp3) is 0.867. The summed E-state index contributed by atoms with van der Waals surface area (Å²) in [6.45, 7) is 5.19. The van der Waals surface area contributed by atoms with Gasteiger partial charge in [-0.15, -0.1) is 0 Å². The van der Waals surface area contributed by atoms with Crippen LogP contribution in [0.3, 0.4) is 0 Å². The number of hydrogen-bond acceptors (Lipinski definition) is 2. The summed E-state index contributed by atoms with van der Waals surface area (Å²) < 4.78 is 0. The molecule has 20 heavy (non-hydrogen) atoms. The minimum Gasteiger partial charge on any atom is -0.361 e. The summed E-state index contributed by atoms with van der Waals surface area (Å²) in [6.07, 6.45) is 7.01. The van der Waals surface area contributed by atoms with Crippen LogP contribution in [0, 0.1) is 23.7 Å². The zero-order valence-corrected chi connectivity index (χ0v) is 13.4. The van der Waals surface area contributed by atoms with E-state index in [1.807, 2.05) is 0 Å². The molecule has 0 radical (unpaired) electrons. The predicted octanol–water partition coefficient (Wildman–Crippen LogP) is 2.35. The van der Waals surface area contributed by atoms with Gasteiger partial charge in [0.05, 0.1) is 0 Å². The molecule has 2 saturated carbocycles. The van der Waals surface area contributed by atoms with Crippen molar-refractivity contribution in [2.45, 2.75) is 52.4 Å². The number of rotatable bonds is 5. The Morgan fingerprint density at radius 2 is 2.05 bits per heavy atom. The molecule has 0 aromatic heterocycles. The van der Waals surface area contributed by atoms with Gasteiger partial charge in [-0.25, -0.2) is 0 Å². The van der Waals surface area contributed by atoms with Gasteiger partial charge in [0.25, 0.3) is 0 Å². The average Bonchev–Trinajstić information content (AvgIpc) is 2.98. The van der Waals surface area contributed by atoms with Gasteiger partial charge in [-0.05, 0) is 61.6 Å². The van der Waals surface area contributed by atoms with Crippen LogP contribution in [0.2, 0.25) is 0 Å². The zero-order valence-electron chi connectivity index (χ0n) is 12.6. The second-order valence-corrected chi connectivity index (χ2v) is 7.16. The van der Waals surface area contributed by atoms with Crippen LogP contribution in [-0.4, -0.2) is 17.6 Å². The lowest BCUT2D eigenvalue weighted by Gasteiger charge is -2.21. The van der Waals surface area contributed by atoms with E-state index >= 15 is 0 Å². The Balaban J connectivity index is 1.57. The maximum Gasteiger partial charge on any atom is 0.238 e. The number of hydrogen-bond donors (Lipinski definition) is 3. The number of fused-ring (bicyclic) bond motifs is 2. The predicted molar refractivity (Wildman–Crippen MR) is 84.9 cm³/mol. The molecule has 114 valence electrons. The molecule has 0 spiro atoms. The molecule has 0 aromatic carbocycles. The van der Waals surface area contributed by atoms with E-state index in [4.69, 9.17) is 12.2 Å². The van der Waals surface area contributed by atoms with Crippen molar-refractivity contribution in [2.75, 3.05) is 6.54 Å². The van der Waals surface area contributed by atoms with Crippen LogP contribution in [0.1, 0.15) is 52.4 Å². The van der Waals surface area contributed by atoms with Crippen molar-refractivity contribution in [1.29, 1.82) is 0 Å². The van der Waals surface area contributed by atoms with E-state index in [0.29, 0.717) is 23.4 Å². The number of nitrogens with one attached hydrogen (secondary N) is 3. The first-order chi connectivity index (χ1) is 9.54. The average molecular weight is 297 g/mol. The van der Waals surface area contributed by atoms with Crippen molar-refractivity contribution in [2.24, 2.45) is 23.7 Å². The van der Waals surface area contributed by atoms with Crippen molar-refractivity contribution < 1.29 is 4.79 Å². The summed E-state index contributed by atoms with van der Waals surface area (Å²) >= 11 is 5.12. The fourth-order valence-electron chi connectivity index (χ4n) is 3.56. The monoisotopic (exact) mass is 297 g/mol.